The van der Waals surface area contributed by atoms with Crippen molar-refractivity contribution in [2.24, 2.45) is 0 Å². The van der Waals surface area contributed by atoms with Crippen LogP contribution in [0.4, 0.5) is 0 Å². The molecule has 2 rings (SSSR count). The summed E-state index contributed by atoms with van der Waals surface area (Å²) < 4.78 is 4.72. The number of carboxylic acid groups (broad SMARTS) is 1. The van der Waals surface area contributed by atoms with E-state index in [2.05, 4.69) is 10.3 Å². The molecule has 2 N–H and O–H groups in total. The number of aromatic nitrogens is 1. The summed E-state index contributed by atoms with van der Waals surface area (Å²) >= 11 is 0. The summed E-state index contributed by atoms with van der Waals surface area (Å²) in [7, 11) is 0. The first-order valence-electron chi connectivity index (χ1n) is 7.06. The Hall–Kier alpha value is -2.96. The number of para-hydroxylation sites is 1. The summed E-state index contributed by atoms with van der Waals surface area (Å²) in [5, 5.41) is 12.1. The predicted octanol–water partition coefficient (Wildman–Crippen LogP) is 1.37. The Bertz CT molecular complexity index is 739. The molecule has 23 heavy (non-hydrogen) atoms. The minimum atomic E-state index is -1.35. The highest BCUT2D eigenvalue weighted by atomic mass is 16.5. The highest BCUT2D eigenvalue weighted by Gasteiger charge is 2.25. The zero-order valence-electron chi connectivity index (χ0n) is 12.5. The van der Waals surface area contributed by atoms with Gasteiger partial charge in [-0.3, -0.25) is 14.6 Å². The second kappa shape index (κ2) is 7.35. The highest BCUT2D eigenvalue weighted by molar-refractivity contribution is 6.07. The highest BCUT2D eigenvalue weighted by Crippen LogP contribution is 2.16. The number of pyridine rings is 1. The normalized spacial score (nSPS) is 11.7. The van der Waals surface area contributed by atoms with Gasteiger partial charge in [0, 0.05) is 11.6 Å². The van der Waals surface area contributed by atoms with E-state index in [1.54, 1.807) is 31.2 Å². The third kappa shape index (κ3) is 4.03. The van der Waals surface area contributed by atoms with Crippen molar-refractivity contribution < 1.29 is 24.2 Å². The number of hydrogen-bond acceptors (Lipinski definition) is 5. The van der Waals surface area contributed by atoms with Crippen LogP contribution in [0, 0.1) is 0 Å². The van der Waals surface area contributed by atoms with Gasteiger partial charge in [-0.25, -0.2) is 4.79 Å². The minimum Gasteiger partial charge on any atom is -0.480 e. The van der Waals surface area contributed by atoms with Crippen LogP contribution in [0.25, 0.3) is 10.9 Å². The lowest BCUT2D eigenvalue weighted by atomic mass is 10.1. The third-order valence-corrected chi connectivity index (χ3v) is 3.17. The number of carboxylic acids is 1. The van der Waals surface area contributed by atoms with Crippen molar-refractivity contribution in [3.8, 4) is 0 Å². The van der Waals surface area contributed by atoms with Crippen molar-refractivity contribution >= 4 is 28.7 Å². The van der Waals surface area contributed by atoms with Crippen LogP contribution >= 0.6 is 0 Å². The fourth-order valence-electron chi connectivity index (χ4n) is 2.12. The number of esters is 1. The van der Waals surface area contributed by atoms with Gasteiger partial charge in [-0.15, -0.1) is 0 Å². The van der Waals surface area contributed by atoms with Crippen molar-refractivity contribution in [1.29, 1.82) is 0 Å². The van der Waals surface area contributed by atoms with Crippen molar-refractivity contribution in [3.63, 3.8) is 0 Å². The summed E-state index contributed by atoms with van der Waals surface area (Å²) in [6.07, 6.45) is 1.04. The van der Waals surface area contributed by atoms with E-state index in [0.29, 0.717) is 16.5 Å². The number of benzene rings is 1. The van der Waals surface area contributed by atoms with E-state index in [0.717, 1.165) is 0 Å². The number of nitrogens with zero attached hydrogens (tertiary/aromatic N) is 1. The van der Waals surface area contributed by atoms with E-state index in [4.69, 9.17) is 9.84 Å². The Kier molecular flexibility index (Phi) is 5.24. The summed E-state index contributed by atoms with van der Waals surface area (Å²) in [6.45, 7) is 1.77. The predicted molar refractivity (Wildman–Crippen MR) is 81.9 cm³/mol. The maximum absolute atomic E-state index is 12.4. The van der Waals surface area contributed by atoms with Crippen LogP contribution in [0.5, 0.6) is 0 Å². The molecular formula is C16H16N2O5. The maximum atomic E-state index is 12.4. The van der Waals surface area contributed by atoms with Crippen molar-refractivity contribution in [3.05, 3.63) is 42.1 Å². The number of nitrogens with one attached hydrogen (secondary N) is 1. The molecule has 0 spiro atoms. The minimum absolute atomic E-state index is 0.147. The van der Waals surface area contributed by atoms with Gasteiger partial charge in [0.25, 0.3) is 5.91 Å². The summed E-state index contributed by atoms with van der Waals surface area (Å²) in [6, 6.07) is 7.17. The van der Waals surface area contributed by atoms with E-state index >= 15 is 0 Å². The first kappa shape index (κ1) is 16.4. The molecule has 7 nitrogen and oxygen atoms in total. The van der Waals surface area contributed by atoms with Gasteiger partial charge in [0.1, 0.15) is 6.04 Å². The fraction of sp³-hybridized carbons (Fsp3) is 0.250. The molecule has 1 aromatic heterocycles. The van der Waals surface area contributed by atoms with Gasteiger partial charge < -0.3 is 15.2 Å². The Balaban J connectivity index is 2.21. The maximum Gasteiger partial charge on any atom is 0.326 e. The second-order valence-electron chi connectivity index (χ2n) is 4.75. The number of hydrogen-bond donors (Lipinski definition) is 2. The van der Waals surface area contributed by atoms with Crippen LogP contribution in [-0.2, 0) is 14.3 Å². The zero-order valence-corrected chi connectivity index (χ0v) is 12.5. The number of aliphatic carboxylic acids is 1. The average Bonchev–Trinajstić information content (AvgIpc) is 2.53. The quantitative estimate of drug-likeness (QED) is 0.780. The number of fused-ring (bicyclic) bond motifs is 1. The van der Waals surface area contributed by atoms with Crippen LogP contribution in [0.1, 0.15) is 23.7 Å². The first-order valence-corrected chi connectivity index (χ1v) is 7.06. The largest absolute Gasteiger partial charge is 0.480 e. The van der Waals surface area contributed by atoms with E-state index in [1.165, 1.54) is 12.3 Å². The number of ether oxygens (including phenoxy) is 1. The smallest absolute Gasteiger partial charge is 0.326 e. The SMILES string of the molecule is CCOC(=O)C[C@@H](NC(=O)c1ccnc2ccccc12)C(=O)O. The summed E-state index contributed by atoms with van der Waals surface area (Å²) in [5.41, 5.74) is 0.920. The number of rotatable bonds is 6. The molecule has 0 aliphatic carbocycles. The lowest BCUT2D eigenvalue weighted by Crippen LogP contribution is -2.42. The summed E-state index contributed by atoms with van der Waals surface area (Å²) in [4.78, 5) is 39.2. The van der Waals surface area contributed by atoms with E-state index < -0.39 is 30.3 Å². The van der Waals surface area contributed by atoms with Crippen LogP contribution < -0.4 is 5.32 Å². The third-order valence-electron chi connectivity index (χ3n) is 3.17. The molecule has 0 fully saturated rings. The lowest BCUT2D eigenvalue weighted by Gasteiger charge is -2.14. The van der Waals surface area contributed by atoms with Gasteiger partial charge >= 0.3 is 11.9 Å². The molecule has 0 saturated carbocycles. The van der Waals surface area contributed by atoms with Gasteiger partial charge in [0.2, 0.25) is 0 Å². The van der Waals surface area contributed by atoms with Crippen LogP contribution in [0.15, 0.2) is 36.5 Å². The molecular weight excluding hydrogens is 300 g/mol. The Morgan fingerprint density at radius 2 is 2.00 bits per heavy atom. The molecule has 0 saturated heterocycles. The number of carbonyl (C=O) groups is 3. The molecule has 0 aliphatic heterocycles. The van der Waals surface area contributed by atoms with Crippen LogP contribution in [0.3, 0.4) is 0 Å². The molecule has 0 radical (unpaired) electrons. The van der Waals surface area contributed by atoms with Gasteiger partial charge in [-0.1, -0.05) is 18.2 Å². The van der Waals surface area contributed by atoms with Gasteiger partial charge in [0.15, 0.2) is 0 Å². The van der Waals surface area contributed by atoms with Gasteiger partial charge in [-0.05, 0) is 19.1 Å². The van der Waals surface area contributed by atoms with Crippen LogP contribution in [-0.4, -0.2) is 40.6 Å². The number of carbonyl (C=O) groups excluding carboxylic acids is 2. The molecule has 1 heterocycles. The van der Waals surface area contributed by atoms with Crippen molar-refractivity contribution in [2.45, 2.75) is 19.4 Å². The van der Waals surface area contributed by atoms with Gasteiger partial charge in [0.05, 0.1) is 24.1 Å². The molecule has 0 aliphatic rings. The summed E-state index contributed by atoms with van der Waals surface area (Å²) in [5.74, 6) is -2.56. The monoisotopic (exact) mass is 316 g/mol. The molecule has 1 atom stereocenters. The molecule has 2 aromatic rings. The topological polar surface area (TPSA) is 106 Å². The standard InChI is InChI=1S/C16H16N2O5/c1-2-23-14(19)9-13(16(21)22)18-15(20)11-7-8-17-12-6-4-3-5-10(11)12/h3-8,13H,2,9H2,1H3,(H,18,20)(H,21,22)/t13-/m1/s1. The van der Waals surface area contributed by atoms with E-state index in [9.17, 15) is 14.4 Å². The van der Waals surface area contributed by atoms with Crippen molar-refractivity contribution in [1.82, 2.24) is 10.3 Å². The zero-order chi connectivity index (χ0) is 16.8. The van der Waals surface area contributed by atoms with Gasteiger partial charge in [-0.2, -0.15) is 0 Å². The molecule has 1 amide bonds. The Morgan fingerprint density at radius 1 is 1.26 bits per heavy atom. The second-order valence-corrected chi connectivity index (χ2v) is 4.75. The Labute approximate surface area is 132 Å². The molecule has 0 bridgehead atoms. The first-order chi connectivity index (χ1) is 11.0. The number of amides is 1. The van der Waals surface area contributed by atoms with Crippen molar-refractivity contribution in [2.75, 3.05) is 6.61 Å². The van der Waals surface area contributed by atoms with E-state index in [-0.39, 0.29) is 6.61 Å². The fourth-order valence-corrected chi connectivity index (χ4v) is 2.12. The average molecular weight is 316 g/mol. The lowest BCUT2D eigenvalue weighted by molar-refractivity contribution is -0.149. The molecule has 7 heteroatoms. The van der Waals surface area contributed by atoms with E-state index in [1.807, 2.05) is 0 Å². The molecule has 120 valence electrons. The molecule has 1 aromatic carbocycles. The Morgan fingerprint density at radius 3 is 2.70 bits per heavy atom. The molecule has 0 unspecified atom stereocenters. The van der Waals surface area contributed by atoms with Crippen LogP contribution in [0.2, 0.25) is 0 Å².